The molecule has 6 heteroatoms. The van der Waals surface area contributed by atoms with Crippen LogP contribution in [0.1, 0.15) is 43.0 Å². The molecule has 1 aromatic heterocycles. The maximum Gasteiger partial charge on any atom is 0.223 e. The fourth-order valence-corrected chi connectivity index (χ4v) is 3.54. The fraction of sp³-hybridized carbons (Fsp3) is 0.476. The summed E-state index contributed by atoms with van der Waals surface area (Å²) in [5.74, 6) is 2.26. The van der Waals surface area contributed by atoms with E-state index in [2.05, 4.69) is 61.4 Å². The second-order valence-electron chi connectivity index (χ2n) is 7.49. The smallest absolute Gasteiger partial charge is 0.223 e. The molecule has 1 saturated carbocycles. The highest BCUT2D eigenvalue weighted by Crippen LogP contribution is 2.29. The predicted octanol–water partition coefficient (Wildman–Crippen LogP) is 2.44. The third-order valence-electron chi connectivity index (χ3n) is 5.32. The zero-order valence-electron chi connectivity index (χ0n) is 15.8. The Morgan fingerprint density at radius 3 is 2.81 bits per heavy atom. The number of fused-ring (bicyclic) bond motifs is 1. The number of hydrogen-bond donors (Lipinski definition) is 1. The number of nitrogens with zero attached hydrogens (tertiary/aromatic N) is 4. The molecule has 0 unspecified atom stereocenters. The van der Waals surface area contributed by atoms with Gasteiger partial charge in [0.1, 0.15) is 5.82 Å². The van der Waals surface area contributed by atoms with E-state index in [1.165, 1.54) is 5.56 Å². The first-order valence-corrected chi connectivity index (χ1v) is 9.87. The maximum atomic E-state index is 12.0. The lowest BCUT2D eigenvalue weighted by atomic mass is 10.2. The summed E-state index contributed by atoms with van der Waals surface area (Å²) in [4.78, 5) is 14.5. The first kappa shape index (κ1) is 17.9. The van der Waals surface area contributed by atoms with Crippen molar-refractivity contribution in [1.82, 2.24) is 25.0 Å². The van der Waals surface area contributed by atoms with Gasteiger partial charge in [0.25, 0.3) is 0 Å². The molecule has 1 amide bonds. The van der Waals surface area contributed by atoms with Gasteiger partial charge >= 0.3 is 0 Å². The number of rotatable bonds is 6. The average molecular weight is 365 g/mol. The van der Waals surface area contributed by atoms with Gasteiger partial charge in [-0.2, -0.15) is 0 Å². The largest absolute Gasteiger partial charge is 0.346 e. The van der Waals surface area contributed by atoms with Gasteiger partial charge in [-0.1, -0.05) is 42.5 Å². The number of carbonyl (C=O) groups is 1. The van der Waals surface area contributed by atoms with Gasteiger partial charge in [-0.15, -0.1) is 10.2 Å². The number of amides is 1. The summed E-state index contributed by atoms with van der Waals surface area (Å²) < 4.78 is 2.19. The highest BCUT2D eigenvalue weighted by atomic mass is 16.2. The molecule has 0 bridgehead atoms. The minimum Gasteiger partial charge on any atom is -0.346 e. The molecule has 1 aliphatic carbocycles. The molecule has 1 fully saturated rings. The lowest BCUT2D eigenvalue weighted by Crippen LogP contribution is -2.31. The van der Waals surface area contributed by atoms with Gasteiger partial charge in [-0.25, -0.2) is 0 Å². The van der Waals surface area contributed by atoms with Gasteiger partial charge in [0.15, 0.2) is 5.82 Å². The second kappa shape index (κ2) is 8.05. The minimum absolute atomic E-state index is 0.0936. The van der Waals surface area contributed by atoms with Crippen molar-refractivity contribution in [2.75, 3.05) is 19.6 Å². The van der Waals surface area contributed by atoms with Crippen LogP contribution in [0.3, 0.4) is 0 Å². The molecule has 2 aromatic rings. The van der Waals surface area contributed by atoms with E-state index in [9.17, 15) is 4.79 Å². The molecule has 142 valence electrons. The van der Waals surface area contributed by atoms with Crippen molar-refractivity contribution in [3.8, 4) is 0 Å². The molecule has 1 N–H and O–H groups in total. The molecule has 0 radical (unpaired) electrons. The van der Waals surface area contributed by atoms with Crippen LogP contribution >= 0.6 is 0 Å². The Morgan fingerprint density at radius 1 is 1.22 bits per heavy atom. The molecule has 1 aromatic carbocycles. The lowest BCUT2D eigenvalue weighted by Gasteiger charge is -2.18. The molecule has 2 aliphatic rings. The third-order valence-corrected chi connectivity index (χ3v) is 5.32. The van der Waals surface area contributed by atoms with Crippen LogP contribution in [0.2, 0.25) is 0 Å². The molecule has 27 heavy (non-hydrogen) atoms. The molecule has 4 rings (SSSR count). The molecule has 1 aliphatic heterocycles. The highest BCUT2D eigenvalue weighted by molar-refractivity contribution is 5.81. The van der Waals surface area contributed by atoms with Crippen LogP contribution in [0, 0.1) is 5.92 Å². The Bertz CT molecular complexity index is 809. The van der Waals surface area contributed by atoms with E-state index in [-0.39, 0.29) is 17.9 Å². The monoisotopic (exact) mass is 365 g/mol. The Hall–Kier alpha value is -2.47. The van der Waals surface area contributed by atoms with Gasteiger partial charge in [0, 0.05) is 38.5 Å². The van der Waals surface area contributed by atoms with Crippen molar-refractivity contribution in [3.05, 3.63) is 53.6 Å². The third kappa shape index (κ3) is 4.45. The van der Waals surface area contributed by atoms with Gasteiger partial charge in [-0.3, -0.25) is 9.69 Å². The van der Waals surface area contributed by atoms with Crippen molar-refractivity contribution in [1.29, 1.82) is 0 Å². The van der Waals surface area contributed by atoms with Crippen LogP contribution in [-0.2, 0) is 17.8 Å². The molecular formula is C21H27N5O. The quantitative estimate of drug-likeness (QED) is 0.854. The van der Waals surface area contributed by atoms with Crippen LogP contribution in [0.15, 0.2) is 36.4 Å². The Morgan fingerprint density at radius 2 is 2.04 bits per heavy atom. The predicted molar refractivity (Wildman–Crippen MR) is 105 cm³/mol. The zero-order chi connectivity index (χ0) is 18.6. The van der Waals surface area contributed by atoms with E-state index in [4.69, 9.17) is 0 Å². The van der Waals surface area contributed by atoms with Crippen LogP contribution in [0.25, 0.3) is 6.08 Å². The van der Waals surface area contributed by atoms with Crippen LogP contribution in [0.4, 0.5) is 0 Å². The molecular weight excluding hydrogens is 338 g/mol. The number of carbonyl (C=O) groups excluding carboxylic acids is 1. The molecule has 2 heterocycles. The summed E-state index contributed by atoms with van der Waals surface area (Å²) in [6.45, 7) is 5.72. The summed E-state index contributed by atoms with van der Waals surface area (Å²) in [5, 5.41) is 11.8. The average Bonchev–Trinajstić information content (AvgIpc) is 3.48. The van der Waals surface area contributed by atoms with E-state index >= 15 is 0 Å². The SMILES string of the molecule is C[C@@H](NC(=O)C1CC1)c1nnc2n1CCN(C/C=C/c1ccccc1)CC2. The van der Waals surface area contributed by atoms with Gasteiger partial charge in [0.05, 0.1) is 6.04 Å². The number of aromatic nitrogens is 3. The topological polar surface area (TPSA) is 63.1 Å². The Balaban J connectivity index is 1.35. The molecule has 1 atom stereocenters. The first-order chi connectivity index (χ1) is 13.2. The highest BCUT2D eigenvalue weighted by Gasteiger charge is 2.31. The van der Waals surface area contributed by atoms with E-state index in [1.807, 2.05) is 13.0 Å². The second-order valence-corrected chi connectivity index (χ2v) is 7.49. The van der Waals surface area contributed by atoms with Crippen LogP contribution < -0.4 is 5.32 Å². The summed E-state index contributed by atoms with van der Waals surface area (Å²) in [6.07, 6.45) is 7.31. The summed E-state index contributed by atoms with van der Waals surface area (Å²) in [5.41, 5.74) is 1.23. The van der Waals surface area contributed by atoms with E-state index < -0.39 is 0 Å². The standard InChI is InChI=1S/C21H27N5O/c1-16(22-21(27)18-9-10-18)20-24-23-19-11-13-25(14-15-26(19)20)12-5-8-17-6-3-2-4-7-17/h2-8,16,18H,9-15H2,1H3,(H,22,27)/b8-5+/t16-/m1/s1. The maximum absolute atomic E-state index is 12.0. The molecule has 6 nitrogen and oxygen atoms in total. The molecule has 0 spiro atoms. The van der Waals surface area contributed by atoms with Crippen molar-refractivity contribution in [2.45, 2.75) is 38.8 Å². The van der Waals surface area contributed by atoms with Crippen LogP contribution in [0.5, 0.6) is 0 Å². The minimum atomic E-state index is -0.0936. The van der Waals surface area contributed by atoms with Crippen LogP contribution in [-0.4, -0.2) is 45.2 Å². The number of benzene rings is 1. The lowest BCUT2D eigenvalue weighted by molar-refractivity contribution is -0.123. The summed E-state index contributed by atoms with van der Waals surface area (Å²) in [6, 6.07) is 10.3. The van der Waals surface area contributed by atoms with Gasteiger partial charge in [-0.05, 0) is 25.3 Å². The van der Waals surface area contributed by atoms with Crippen molar-refractivity contribution >= 4 is 12.0 Å². The van der Waals surface area contributed by atoms with Gasteiger partial charge < -0.3 is 9.88 Å². The Labute approximate surface area is 160 Å². The Kier molecular flexibility index (Phi) is 5.34. The van der Waals surface area contributed by atoms with Crippen molar-refractivity contribution < 1.29 is 4.79 Å². The fourth-order valence-electron chi connectivity index (χ4n) is 3.54. The first-order valence-electron chi connectivity index (χ1n) is 9.87. The van der Waals surface area contributed by atoms with E-state index in [0.717, 1.165) is 57.1 Å². The van der Waals surface area contributed by atoms with E-state index in [1.54, 1.807) is 0 Å². The summed E-state index contributed by atoms with van der Waals surface area (Å²) in [7, 11) is 0. The number of hydrogen-bond acceptors (Lipinski definition) is 4. The summed E-state index contributed by atoms with van der Waals surface area (Å²) >= 11 is 0. The zero-order valence-corrected chi connectivity index (χ0v) is 15.8. The van der Waals surface area contributed by atoms with Crippen molar-refractivity contribution in [3.63, 3.8) is 0 Å². The van der Waals surface area contributed by atoms with E-state index in [0.29, 0.717) is 0 Å². The van der Waals surface area contributed by atoms with Crippen molar-refractivity contribution in [2.24, 2.45) is 5.92 Å². The normalized spacial score (nSPS) is 18.9. The molecule has 0 saturated heterocycles. The van der Waals surface area contributed by atoms with Gasteiger partial charge in [0.2, 0.25) is 5.91 Å². The number of nitrogens with one attached hydrogen (secondary N) is 1.